The summed E-state index contributed by atoms with van der Waals surface area (Å²) in [5, 5.41) is 3.45. The smallest absolute Gasteiger partial charge is 0.243 e. The lowest BCUT2D eigenvalue weighted by atomic mass is 10.1. The number of likely N-dealkylation sites (tertiary alicyclic amines) is 1. The molecule has 0 radical (unpaired) electrons. The van der Waals surface area contributed by atoms with Crippen LogP contribution in [0.2, 0.25) is 0 Å². The summed E-state index contributed by atoms with van der Waals surface area (Å²) >= 11 is 0. The van der Waals surface area contributed by atoms with Gasteiger partial charge < -0.3 is 24.8 Å². The summed E-state index contributed by atoms with van der Waals surface area (Å²) < 4.78 is 5.46. The van der Waals surface area contributed by atoms with Crippen molar-refractivity contribution in [1.82, 2.24) is 24.9 Å². The maximum absolute atomic E-state index is 12.8. The van der Waals surface area contributed by atoms with Crippen molar-refractivity contribution < 1.29 is 14.3 Å². The van der Waals surface area contributed by atoms with Crippen molar-refractivity contribution in [3.63, 3.8) is 0 Å². The Kier molecular flexibility index (Phi) is 7.71. The first kappa shape index (κ1) is 21.8. The van der Waals surface area contributed by atoms with E-state index in [2.05, 4.69) is 20.1 Å². The average molecular weight is 409 g/mol. The Morgan fingerprint density at radius 2 is 1.83 bits per heavy atom. The molecule has 0 aromatic rings. The maximum Gasteiger partial charge on any atom is 0.243 e. The number of hydrogen-bond acceptors (Lipinski definition) is 5. The van der Waals surface area contributed by atoms with E-state index < -0.39 is 0 Å². The van der Waals surface area contributed by atoms with Gasteiger partial charge in [-0.25, -0.2) is 4.99 Å². The fourth-order valence-corrected chi connectivity index (χ4v) is 4.10. The first-order chi connectivity index (χ1) is 14.0. The van der Waals surface area contributed by atoms with Crippen LogP contribution < -0.4 is 5.32 Å². The number of nitrogens with zero attached hydrogens (tertiary/aromatic N) is 5. The van der Waals surface area contributed by atoms with E-state index in [1.165, 1.54) is 0 Å². The summed E-state index contributed by atoms with van der Waals surface area (Å²) in [6.07, 6.45) is 3.10. The second kappa shape index (κ2) is 10.2. The van der Waals surface area contributed by atoms with Crippen LogP contribution in [-0.4, -0.2) is 124 Å². The van der Waals surface area contributed by atoms with Crippen molar-refractivity contribution in [3.05, 3.63) is 0 Å². The van der Waals surface area contributed by atoms with Crippen LogP contribution in [0.3, 0.4) is 0 Å². The lowest BCUT2D eigenvalue weighted by Crippen LogP contribution is -2.56. The first-order valence-corrected chi connectivity index (χ1v) is 10.8. The number of ether oxygens (including phenoxy) is 1. The largest absolute Gasteiger partial charge is 0.381 e. The summed E-state index contributed by atoms with van der Waals surface area (Å²) in [6.45, 7) is 6.35. The molecule has 164 valence electrons. The maximum atomic E-state index is 12.8. The second-order valence-electron chi connectivity index (χ2n) is 8.49. The van der Waals surface area contributed by atoms with Gasteiger partial charge >= 0.3 is 0 Å². The predicted octanol–water partition coefficient (Wildman–Crippen LogP) is -0.705. The molecule has 2 unspecified atom stereocenters. The SMILES string of the molecule is CN(C)C(=O)CN=C(NCC1CCOC1)N1CCN(C(=O)C2CCCN2C)CC1. The molecule has 0 saturated carbocycles. The third-order valence-corrected chi connectivity index (χ3v) is 6.13. The number of guanidine groups is 1. The monoisotopic (exact) mass is 408 g/mol. The molecule has 3 heterocycles. The van der Waals surface area contributed by atoms with Crippen molar-refractivity contribution in [2.75, 3.05) is 80.2 Å². The molecule has 9 heteroatoms. The van der Waals surface area contributed by atoms with Gasteiger partial charge in [-0.1, -0.05) is 0 Å². The van der Waals surface area contributed by atoms with Gasteiger partial charge in [-0.2, -0.15) is 0 Å². The minimum absolute atomic E-state index is 0.0217. The van der Waals surface area contributed by atoms with Crippen LogP contribution in [-0.2, 0) is 14.3 Å². The van der Waals surface area contributed by atoms with Crippen LogP contribution in [0.4, 0.5) is 0 Å². The molecule has 0 aromatic heterocycles. The molecular weight excluding hydrogens is 372 g/mol. The van der Waals surface area contributed by atoms with E-state index in [4.69, 9.17) is 4.74 Å². The van der Waals surface area contributed by atoms with Gasteiger partial charge in [0.1, 0.15) is 6.54 Å². The predicted molar refractivity (Wildman–Crippen MR) is 112 cm³/mol. The highest BCUT2D eigenvalue weighted by Crippen LogP contribution is 2.18. The Bertz CT molecular complexity index is 597. The lowest BCUT2D eigenvalue weighted by Gasteiger charge is -2.38. The number of carbonyl (C=O) groups is 2. The second-order valence-corrected chi connectivity index (χ2v) is 8.49. The summed E-state index contributed by atoms with van der Waals surface area (Å²) in [7, 11) is 5.52. The third kappa shape index (κ3) is 5.82. The van der Waals surface area contributed by atoms with Crippen LogP contribution in [0.25, 0.3) is 0 Å². The minimum atomic E-state index is -0.0217. The highest BCUT2D eigenvalue weighted by molar-refractivity contribution is 5.85. The number of likely N-dealkylation sites (N-methyl/N-ethyl adjacent to an activating group) is 2. The molecule has 2 atom stereocenters. The summed E-state index contributed by atoms with van der Waals surface area (Å²) in [5.74, 6) is 1.47. The molecule has 3 aliphatic rings. The number of rotatable bonds is 5. The topological polar surface area (TPSA) is 80.7 Å². The molecular formula is C20H36N6O3. The van der Waals surface area contributed by atoms with Crippen LogP contribution in [0.15, 0.2) is 4.99 Å². The quantitative estimate of drug-likeness (QED) is 0.478. The number of amides is 2. The Morgan fingerprint density at radius 1 is 1.10 bits per heavy atom. The van der Waals surface area contributed by atoms with Crippen molar-refractivity contribution >= 4 is 17.8 Å². The molecule has 29 heavy (non-hydrogen) atoms. The highest BCUT2D eigenvalue weighted by Gasteiger charge is 2.33. The molecule has 3 rings (SSSR count). The van der Waals surface area contributed by atoms with E-state index in [1.54, 1.807) is 19.0 Å². The first-order valence-electron chi connectivity index (χ1n) is 10.8. The van der Waals surface area contributed by atoms with Crippen LogP contribution in [0.1, 0.15) is 19.3 Å². The molecule has 1 N–H and O–H groups in total. The highest BCUT2D eigenvalue weighted by atomic mass is 16.5. The van der Waals surface area contributed by atoms with Crippen LogP contribution >= 0.6 is 0 Å². The number of nitrogens with one attached hydrogen (secondary N) is 1. The molecule has 3 saturated heterocycles. The average Bonchev–Trinajstić information content (AvgIpc) is 3.39. The van der Waals surface area contributed by atoms with Gasteiger partial charge in [-0.05, 0) is 32.9 Å². The van der Waals surface area contributed by atoms with Crippen molar-refractivity contribution in [3.8, 4) is 0 Å². The van der Waals surface area contributed by atoms with Crippen LogP contribution in [0, 0.1) is 5.92 Å². The Labute approximate surface area is 174 Å². The fraction of sp³-hybridized carbons (Fsp3) is 0.850. The Morgan fingerprint density at radius 3 is 2.41 bits per heavy atom. The van der Waals surface area contributed by atoms with Gasteiger partial charge in [-0.15, -0.1) is 0 Å². The lowest BCUT2D eigenvalue weighted by molar-refractivity contribution is -0.136. The van der Waals surface area contributed by atoms with Crippen LogP contribution in [0.5, 0.6) is 0 Å². The van der Waals surface area contributed by atoms with E-state index in [0.29, 0.717) is 19.0 Å². The molecule has 9 nitrogen and oxygen atoms in total. The molecule has 0 bridgehead atoms. The molecule has 3 aliphatic heterocycles. The Hall–Kier alpha value is -1.87. The molecule has 2 amide bonds. The summed E-state index contributed by atoms with van der Waals surface area (Å²) in [4.78, 5) is 37.3. The Balaban J connectivity index is 1.56. The summed E-state index contributed by atoms with van der Waals surface area (Å²) in [6, 6.07) is 0.0351. The van der Waals surface area contributed by atoms with E-state index in [9.17, 15) is 9.59 Å². The van der Waals surface area contributed by atoms with Gasteiger partial charge in [-0.3, -0.25) is 14.5 Å². The zero-order valence-corrected chi connectivity index (χ0v) is 18.1. The zero-order chi connectivity index (χ0) is 20.8. The van der Waals surface area contributed by atoms with E-state index >= 15 is 0 Å². The third-order valence-electron chi connectivity index (χ3n) is 6.13. The molecule has 0 aliphatic carbocycles. The fourth-order valence-electron chi connectivity index (χ4n) is 4.10. The summed E-state index contributed by atoms with van der Waals surface area (Å²) in [5.41, 5.74) is 0. The van der Waals surface area contributed by atoms with Gasteiger partial charge in [0, 0.05) is 59.3 Å². The van der Waals surface area contributed by atoms with Gasteiger partial charge in [0.15, 0.2) is 5.96 Å². The number of carbonyl (C=O) groups excluding carboxylic acids is 2. The molecule has 0 spiro atoms. The zero-order valence-electron chi connectivity index (χ0n) is 18.1. The van der Waals surface area contributed by atoms with Gasteiger partial charge in [0.2, 0.25) is 11.8 Å². The van der Waals surface area contributed by atoms with Crippen molar-refractivity contribution in [2.24, 2.45) is 10.9 Å². The number of hydrogen-bond donors (Lipinski definition) is 1. The number of aliphatic imine (C=N–C) groups is 1. The van der Waals surface area contributed by atoms with Gasteiger partial charge in [0.25, 0.3) is 0 Å². The van der Waals surface area contributed by atoms with E-state index in [-0.39, 0.29) is 24.4 Å². The van der Waals surface area contributed by atoms with Crippen molar-refractivity contribution in [2.45, 2.75) is 25.3 Å². The van der Waals surface area contributed by atoms with E-state index in [0.717, 1.165) is 64.6 Å². The minimum Gasteiger partial charge on any atom is -0.381 e. The van der Waals surface area contributed by atoms with Crippen molar-refractivity contribution in [1.29, 1.82) is 0 Å². The molecule has 0 aromatic carbocycles. The standard InChI is InChI=1S/C20H36N6O3/c1-23(2)18(27)14-22-20(21-13-16-6-12-29-15-16)26-10-8-25(9-11-26)19(28)17-5-4-7-24(17)3/h16-17H,4-15H2,1-3H3,(H,21,22). The van der Waals surface area contributed by atoms with E-state index in [1.807, 2.05) is 11.9 Å². The van der Waals surface area contributed by atoms with Gasteiger partial charge in [0.05, 0.1) is 12.6 Å². The molecule has 3 fully saturated rings. The normalized spacial score (nSPS) is 26.1. The number of piperazine rings is 1.